The van der Waals surface area contributed by atoms with E-state index in [9.17, 15) is 4.79 Å². The minimum Gasteiger partial charge on any atom is -0.495 e. The molecule has 0 unspecified atom stereocenters. The molecule has 1 aliphatic rings. The van der Waals surface area contributed by atoms with Crippen molar-refractivity contribution in [2.24, 2.45) is 0 Å². The lowest BCUT2D eigenvalue weighted by molar-refractivity contribution is -0.132. The summed E-state index contributed by atoms with van der Waals surface area (Å²) in [5.41, 5.74) is 2.13. The van der Waals surface area contributed by atoms with Crippen LogP contribution in [0.25, 0.3) is 0 Å². The third-order valence-electron chi connectivity index (χ3n) is 5.33. The third kappa shape index (κ3) is 6.97. The molecular formula is C23H30ClN3O3. The maximum absolute atomic E-state index is 13.0. The highest BCUT2D eigenvalue weighted by molar-refractivity contribution is 6.32. The van der Waals surface area contributed by atoms with Crippen LogP contribution in [0.5, 0.6) is 5.75 Å². The van der Waals surface area contributed by atoms with Crippen LogP contribution in [-0.2, 0) is 22.5 Å². The molecule has 7 heteroatoms. The molecule has 1 aromatic heterocycles. The lowest BCUT2D eigenvalue weighted by Crippen LogP contribution is -2.39. The Labute approximate surface area is 183 Å². The molecule has 0 radical (unpaired) electrons. The number of amides is 1. The average molecular weight is 432 g/mol. The highest BCUT2D eigenvalue weighted by Gasteiger charge is 2.16. The first-order valence-corrected chi connectivity index (χ1v) is 10.8. The monoisotopic (exact) mass is 431 g/mol. The fourth-order valence-corrected chi connectivity index (χ4v) is 3.87. The van der Waals surface area contributed by atoms with Gasteiger partial charge in [-0.05, 0) is 48.2 Å². The van der Waals surface area contributed by atoms with Gasteiger partial charge in [0.05, 0.1) is 25.3 Å². The number of hydrogen-bond donors (Lipinski definition) is 0. The van der Waals surface area contributed by atoms with E-state index >= 15 is 0 Å². The highest BCUT2D eigenvalue weighted by Crippen LogP contribution is 2.25. The normalized spacial score (nSPS) is 14.5. The van der Waals surface area contributed by atoms with Crippen molar-refractivity contribution in [3.05, 3.63) is 58.9 Å². The van der Waals surface area contributed by atoms with Gasteiger partial charge >= 0.3 is 0 Å². The molecule has 0 aliphatic carbocycles. The second-order valence-electron chi connectivity index (χ2n) is 7.45. The van der Waals surface area contributed by atoms with Gasteiger partial charge in [0.2, 0.25) is 5.91 Å². The first-order valence-electron chi connectivity index (χ1n) is 10.4. The number of methoxy groups -OCH3 is 1. The number of aromatic nitrogens is 1. The Hall–Kier alpha value is -2.15. The lowest BCUT2D eigenvalue weighted by Gasteiger charge is -2.28. The van der Waals surface area contributed by atoms with Gasteiger partial charge in [-0.1, -0.05) is 17.7 Å². The first-order chi connectivity index (χ1) is 14.7. The van der Waals surface area contributed by atoms with E-state index < -0.39 is 0 Å². The van der Waals surface area contributed by atoms with Crippen molar-refractivity contribution in [2.45, 2.75) is 25.8 Å². The second kappa shape index (κ2) is 11.9. The molecule has 1 amide bonds. The van der Waals surface area contributed by atoms with Crippen molar-refractivity contribution in [3.8, 4) is 5.75 Å². The van der Waals surface area contributed by atoms with E-state index in [0.29, 0.717) is 30.2 Å². The Morgan fingerprint density at radius 3 is 2.67 bits per heavy atom. The highest BCUT2D eigenvalue weighted by atomic mass is 35.5. The number of rotatable bonds is 10. The predicted octanol–water partition coefficient (Wildman–Crippen LogP) is 3.43. The Balaban J connectivity index is 1.56. The van der Waals surface area contributed by atoms with Gasteiger partial charge in [0, 0.05) is 51.5 Å². The van der Waals surface area contributed by atoms with Crippen molar-refractivity contribution in [2.75, 3.05) is 46.5 Å². The summed E-state index contributed by atoms with van der Waals surface area (Å²) < 4.78 is 10.6. The van der Waals surface area contributed by atoms with Crippen LogP contribution in [0.2, 0.25) is 5.02 Å². The summed E-state index contributed by atoms with van der Waals surface area (Å²) in [5, 5.41) is 0.571. The van der Waals surface area contributed by atoms with Gasteiger partial charge in [-0.25, -0.2) is 0 Å². The van der Waals surface area contributed by atoms with Crippen molar-refractivity contribution >= 4 is 17.5 Å². The van der Waals surface area contributed by atoms with Crippen molar-refractivity contribution in [1.29, 1.82) is 0 Å². The zero-order valence-corrected chi connectivity index (χ0v) is 18.3. The molecule has 1 aliphatic heterocycles. The molecular weight excluding hydrogens is 402 g/mol. The van der Waals surface area contributed by atoms with Crippen LogP contribution in [0.4, 0.5) is 0 Å². The van der Waals surface area contributed by atoms with Crippen LogP contribution < -0.4 is 4.74 Å². The summed E-state index contributed by atoms with van der Waals surface area (Å²) in [6, 6.07) is 9.61. The minimum absolute atomic E-state index is 0.153. The third-order valence-corrected chi connectivity index (χ3v) is 5.62. The zero-order chi connectivity index (χ0) is 21.2. The van der Waals surface area contributed by atoms with Crippen LogP contribution in [0.15, 0.2) is 42.7 Å². The molecule has 30 heavy (non-hydrogen) atoms. The van der Waals surface area contributed by atoms with E-state index in [1.54, 1.807) is 19.5 Å². The lowest BCUT2D eigenvalue weighted by atomic mass is 10.1. The van der Waals surface area contributed by atoms with E-state index in [0.717, 1.165) is 56.9 Å². The topological polar surface area (TPSA) is 54.9 Å². The van der Waals surface area contributed by atoms with Gasteiger partial charge in [0.15, 0.2) is 0 Å². The maximum atomic E-state index is 13.0. The number of benzene rings is 1. The van der Waals surface area contributed by atoms with Gasteiger partial charge < -0.3 is 14.4 Å². The van der Waals surface area contributed by atoms with Gasteiger partial charge in [-0.2, -0.15) is 0 Å². The molecule has 0 atom stereocenters. The summed E-state index contributed by atoms with van der Waals surface area (Å²) in [5.74, 6) is 0.801. The van der Waals surface area contributed by atoms with Crippen LogP contribution in [0.3, 0.4) is 0 Å². The van der Waals surface area contributed by atoms with Gasteiger partial charge in [-0.15, -0.1) is 0 Å². The van der Waals surface area contributed by atoms with Crippen LogP contribution in [-0.4, -0.2) is 67.2 Å². The molecule has 2 heterocycles. The van der Waals surface area contributed by atoms with Crippen molar-refractivity contribution < 1.29 is 14.3 Å². The Morgan fingerprint density at radius 1 is 1.20 bits per heavy atom. The summed E-state index contributed by atoms with van der Waals surface area (Å²) in [6.45, 7) is 5.86. The second-order valence-corrected chi connectivity index (χ2v) is 7.85. The number of morpholine rings is 1. The fraction of sp³-hybridized carbons (Fsp3) is 0.478. The summed E-state index contributed by atoms with van der Waals surface area (Å²) >= 11 is 6.22. The molecule has 0 spiro atoms. The molecule has 2 aromatic rings. The largest absolute Gasteiger partial charge is 0.495 e. The zero-order valence-electron chi connectivity index (χ0n) is 17.6. The molecule has 0 bridgehead atoms. The maximum Gasteiger partial charge on any atom is 0.223 e. The number of hydrogen-bond acceptors (Lipinski definition) is 5. The molecule has 162 valence electrons. The molecule has 1 aromatic carbocycles. The van der Waals surface area contributed by atoms with E-state index in [-0.39, 0.29) is 5.91 Å². The molecule has 3 rings (SSSR count). The molecule has 0 saturated carbocycles. The molecule has 1 saturated heterocycles. The van der Waals surface area contributed by atoms with Gasteiger partial charge in [0.25, 0.3) is 0 Å². The molecule has 0 N–H and O–H groups in total. The number of nitrogens with zero attached hydrogens (tertiary/aromatic N) is 3. The number of carbonyl (C=O) groups is 1. The van der Waals surface area contributed by atoms with Crippen molar-refractivity contribution in [3.63, 3.8) is 0 Å². The Bertz CT molecular complexity index is 798. The number of pyridine rings is 1. The number of carbonyl (C=O) groups excluding carboxylic acids is 1. The van der Waals surface area contributed by atoms with Crippen LogP contribution in [0, 0.1) is 0 Å². The van der Waals surface area contributed by atoms with Crippen molar-refractivity contribution in [1.82, 2.24) is 14.8 Å². The fourth-order valence-electron chi connectivity index (χ4n) is 3.59. The number of halogens is 1. The van der Waals surface area contributed by atoms with E-state index in [1.807, 2.05) is 35.2 Å². The summed E-state index contributed by atoms with van der Waals surface area (Å²) in [6.07, 6.45) is 5.59. The minimum atomic E-state index is 0.153. The van der Waals surface area contributed by atoms with E-state index in [1.165, 1.54) is 0 Å². The smallest absolute Gasteiger partial charge is 0.223 e. The number of ether oxygens (including phenoxy) is 2. The average Bonchev–Trinajstić information content (AvgIpc) is 2.78. The van der Waals surface area contributed by atoms with Gasteiger partial charge in [-0.3, -0.25) is 14.7 Å². The summed E-state index contributed by atoms with van der Waals surface area (Å²) in [4.78, 5) is 21.5. The summed E-state index contributed by atoms with van der Waals surface area (Å²) in [7, 11) is 1.60. The standard InChI is InChI=1S/C23H30ClN3O3/c1-29-22-5-3-19(17-21(22)24)4-6-23(28)27(18-20-7-9-25-10-8-20)12-2-11-26-13-15-30-16-14-26/h3,5,7-10,17H,2,4,6,11-16,18H2,1H3. The van der Waals surface area contributed by atoms with E-state index in [4.69, 9.17) is 21.1 Å². The van der Waals surface area contributed by atoms with Crippen LogP contribution >= 0.6 is 11.6 Å². The van der Waals surface area contributed by atoms with E-state index in [2.05, 4.69) is 9.88 Å². The predicted molar refractivity (Wildman–Crippen MR) is 118 cm³/mol. The molecule has 1 fully saturated rings. The van der Waals surface area contributed by atoms with Gasteiger partial charge in [0.1, 0.15) is 5.75 Å². The number of aryl methyl sites for hydroxylation is 1. The Morgan fingerprint density at radius 2 is 1.97 bits per heavy atom. The first kappa shape index (κ1) is 22.5. The Kier molecular flexibility index (Phi) is 8.93. The molecule has 6 nitrogen and oxygen atoms in total. The quantitative estimate of drug-likeness (QED) is 0.577. The van der Waals surface area contributed by atoms with Crippen LogP contribution in [0.1, 0.15) is 24.0 Å². The SMILES string of the molecule is COc1ccc(CCC(=O)N(CCCN2CCOCC2)Cc2ccncc2)cc1Cl.